The first-order valence-corrected chi connectivity index (χ1v) is 12.4. The first-order chi connectivity index (χ1) is 17.6. The van der Waals surface area contributed by atoms with Gasteiger partial charge in [-0.05, 0) is 61.7 Å². The van der Waals surface area contributed by atoms with Gasteiger partial charge in [0.1, 0.15) is 5.82 Å². The fourth-order valence-corrected chi connectivity index (χ4v) is 4.69. The fourth-order valence-electron chi connectivity index (χ4n) is 4.69. The molecule has 1 amide bonds. The molecule has 5 rings (SSSR count). The number of benzene rings is 2. The van der Waals surface area contributed by atoms with Crippen molar-refractivity contribution in [3.63, 3.8) is 0 Å². The van der Waals surface area contributed by atoms with E-state index in [4.69, 9.17) is 14.7 Å². The normalized spacial score (nSPS) is 17.3. The monoisotopic (exact) mass is 484 g/mol. The first kappa shape index (κ1) is 24.0. The number of amides is 1. The number of hydrogen-bond acceptors (Lipinski definition) is 7. The second-order valence-electron chi connectivity index (χ2n) is 9.11. The van der Waals surface area contributed by atoms with Crippen molar-refractivity contribution in [2.24, 2.45) is 0 Å². The van der Waals surface area contributed by atoms with Gasteiger partial charge in [-0.25, -0.2) is 4.98 Å². The Balaban J connectivity index is 1.29. The average molecular weight is 485 g/mol. The molecular weight excluding hydrogens is 452 g/mol. The predicted molar refractivity (Wildman–Crippen MR) is 143 cm³/mol. The molecule has 1 unspecified atom stereocenters. The third-order valence-electron chi connectivity index (χ3n) is 6.48. The molecule has 3 heterocycles. The van der Waals surface area contributed by atoms with Gasteiger partial charge in [-0.3, -0.25) is 4.79 Å². The molecule has 0 radical (unpaired) electrons. The summed E-state index contributed by atoms with van der Waals surface area (Å²) in [5.74, 6) is 1.43. The molecule has 1 fully saturated rings. The van der Waals surface area contributed by atoms with Gasteiger partial charge in [-0.2, -0.15) is 4.98 Å². The van der Waals surface area contributed by atoms with E-state index in [1.165, 1.54) is 11.6 Å². The van der Waals surface area contributed by atoms with Crippen LogP contribution >= 0.6 is 0 Å². The number of fused-ring (bicyclic) bond motifs is 1. The summed E-state index contributed by atoms with van der Waals surface area (Å²) in [5.41, 5.74) is 6.19. The van der Waals surface area contributed by atoms with Crippen LogP contribution in [0.4, 0.5) is 23.1 Å². The summed E-state index contributed by atoms with van der Waals surface area (Å²) in [5, 5.41) is 9.65. The van der Waals surface area contributed by atoms with Crippen molar-refractivity contribution in [1.82, 2.24) is 15.3 Å². The summed E-state index contributed by atoms with van der Waals surface area (Å²) >= 11 is 0. The van der Waals surface area contributed by atoms with Crippen LogP contribution in [0.3, 0.4) is 0 Å². The molecule has 1 saturated heterocycles. The number of carbonyl (C=O) groups excluding carboxylic acids is 1. The Morgan fingerprint density at radius 2 is 2.06 bits per heavy atom. The van der Waals surface area contributed by atoms with Crippen LogP contribution in [0.1, 0.15) is 35.4 Å². The molecule has 1 atom stereocenters. The molecule has 2 aromatic carbocycles. The number of allylic oxidation sites excluding steroid dienone is 1. The van der Waals surface area contributed by atoms with Gasteiger partial charge in [0.05, 0.1) is 12.7 Å². The zero-order chi connectivity index (χ0) is 24.9. The van der Waals surface area contributed by atoms with E-state index >= 15 is 0 Å². The second-order valence-corrected chi connectivity index (χ2v) is 9.11. The molecule has 0 saturated carbocycles. The molecule has 0 spiro atoms. The maximum atomic E-state index is 11.9. The molecule has 2 aliphatic rings. The minimum absolute atomic E-state index is 0.0924. The van der Waals surface area contributed by atoms with Crippen molar-refractivity contribution < 1.29 is 9.53 Å². The van der Waals surface area contributed by atoms with Gasteiger partial charge in [0.15, 0.2) is 0 Å². The van der Waals surface area contributed by atoms with E-state index in [1.54, 1.807) is 6.08 Å². The molecule has 8 nitrogen and oxygen atoms in total. The molecule has 36 heavy (non-hydrogen) atoms. The fraction of sp³-hybridized carbons (Fsp3) is 0.321. The van der Waals surface area contributed by atoms with Crippen LogP contribution in [0.2, 0.25) is 0 Å². The maximum Gasteiger partial charge on any atom is 0.248 e. The molecule has 0 bridgehead atoms. The predicted octanol–water partition coefficient (Wildman–Crippen LogP) is 4.27. The maximum absolute atomic E-state index is 11.9. The van der Waals surface area contributed by atoms with E-state index < -0.39 is 0 Å². The number of hydrogen-bond donors (Lipinski definition) is 3. The Morgan fingerprint density at radius 1 is 1.19 bits per heavy atom. The van der Waals surface area contributed by atoms with Crippen LogP contribution in [0.15, 0.2) is 60.7 Å². The van der Waals surface area contributed by atoms with Gasteiger partial charge in [0, 0.05) is 48.8 Å². The lowest BCUT2D eigenvalue weighted by atomic mass is 10.1. The third kappa shape index (κ3) is 5.56. The lowest BCUT2D eigenvalue weighted by Crippen LogP contribution is -2.33. The van der Waals surface area contributed by atoms with E-state index in [0.29, 0.717) is 12.5 Å². The van der Waals surface area contributed by atoms with Crippen LogP contribution in [0.5, 0.6) is 0 Å². The summed E-state index contributed by atoms with van der Waals surface area (Å²) in [6.07, 6.45) is 4.26. The van der Waals surface area contributed by atoms with E-state index in [0.717, 1.165) is 66.7 Å². The largest absolute Gasteiger partial charge is 0.371 e. The summed E-state index contributed by atoms with van der Waals surface area (Å²) in [7, 11) is 0. The lowest BCUT2D eigenvalue weighted by Gasteiger charge is -2.24. The zero-order valence-electron chi connectivity index (χ0n) is 20.8. The Labute approximate surface area is 211 Å². The number of ether oxygens (including phenoxy) is 1. The highest BCUT2D eigenvalue weighted by Crippen LogP contribution is 2.31. The number of nitrogens with one attached hydrogen (secondary N) is 3. The van der Waals surface area contributed by atoms with Gasteiger partial charge in [0.25, 0.3) is 0 Å². The van der Waals surface area contributed by atoms with Gasteiger partial charge in [-0.15, -0.1) is 0 Å². The van der Waals surface area contributed by atoms with E-state index in [2.05, 4.69) is 39.0 Å². The Bertz CT molecular complexity index is 1250. The van der Waals surface area contributed by atoms with Crippen molar-refractivity contribution in [3.05, 3.63) is 83.1 Å². The van der Waals surface area contributed by atoms with Crippen molar-refractivity contribution in [2.45, 2.75) is 32.9 Å². The van der Waals surface area contributed by atoms with Gasteiger partial charge < -0.3 is 25.6 Å². The molecule has 3 aromatic rings. The van der Waals surface area contributed by atoms with E-state index in [-0.39, 0.29) is 12.0 Å². The summed E-state index contributed by atoms with van der Waals surface area (Å²) < 4.78 is 5.85. The number of nitrogens with zero attached hydrogens (tertiary/aromatic N) is 3. The number of rotatable bonds is 7. The molecule has 8 heteroatoms. The average Bonchev–Trinajstić information content (AvgIpc) is 3.28. The molecule has 2 aliphatic heterocycles. The quantitative estimate of drug-likeness (QED) is 0.432. The zero-order valence-corrected chi connectivity index (χ0v) is 20.8. The molecule has 0 aliphatic carbocycles. The van der Waals surface area contributed by atoms with Crippen molar-refractivity contribution in [1.29, 1.82) is 0 Å². The second kappa shape index (κ2) is 10.9. The van der Waals surface area contributed by atoms with Crippen LogP contribution in [-0.4, -0.2) is 42.1 Å². The number of anilines is 4. The van der Waals surface area contributed by atoms with Crippen LogP contribution < -0.4 is 20.9 Å². The minimum Gasteiger partial charge on any atom is -0.371 e. The number of aromatic nitrogens is 2. The Kier molecular flexibility index (Phi) is 7.25. The van der Waals surface area contributed by atoms with Gasteiger partial charge in [-0.1, -0.05) is 30.3 Å². The Hall–Kier alpha value is -3.75. The lowest BCUT2D eigenvalue weighted by molar-refractivity contribution is -0.111. The Morgan fingerprint density at radius 3 is 2.83 bits per heavy atom. The summed E-state index contributed by atoms with van der Waals surface area (Å²) in [4.78, 5) is 23.8. The van der Waals surface area contributed by atoms with Crippen molar-refractivity contribution in [2.75, 3.05) is 41.8 Å². The van der Waals surface area contributed by atoms with Crippen molar-refractivity contribution >= 4 is 29.0 Å². The SMILES string of the molecule is C/C=C/C(=O)Nc1cccc(CN2CCc3c(C)nc(Nc4ccc(C5CNCCO5)cc4)nc32)c1. The van der Waals surface area contributed by atoms with E-state index in [1.807, 2.05) is 44.2 Å². The van der Waals surface area contributed by atoms with Crippen LogP contribution in [-0.2, 0) is 22.5 Å². The summed E-state index contributed by atoms with van der Waals surface area (Å²) in [6, 6.07) is 16.2. The standard InChI is InChI=1S/C28H32N6O2/c1-3-5-26(35)31-23-7-4-6-20(16-23)18-34-14-12-24-19(2)30-28(33-27(24)34)32-22-10-8-21(9-11-22)25-17-29-13-15-36-25/h3-11,16,25,29H,12-15,17-18H2,1-2H3,(H,31,35)(H,30,32,33)/b5-3+. The van der Waals surface area contributed by atoms with E-state index in [9.17, 15) is 4.79 Å². The van der Waals surface area contributed by atoms with Gasteiger partial charge >= 0.3 is 0 Å². The number of carbonyl (C=O) groups is 1. The summed E-state index contributed by atoms with van der Waals surface area (Å²) in [6.45, 7) is 7.93. The van der Waals surface area contributed by atoms with Crippen LogP contribution in [0.25, 0.3) is 0 Å². The van der Waals surface area contributed by atoms with Crippen molar-refractivity contribution in [3.8, 4) is 0 Å². The smallest absolute Gasteiger partial charge is 0.248 e. The number of morpholine rings is 1. The molecule has 186 valence electrons. The molecular formula is C28H32N6O2. The molecule has 3 N–H and O–H groups in total. The van der Waals surface area contributed by atoms with Crippen LogP contribution in [0, 0.1) is 6.92 Å². The highest BCUT2D eigenvalue weighted by Gasteiger charge is 2.24. The minimum atomic E-state index is -0.129. The third-order valence-corrected chi connectivity index (χ3v) is 6.48. The first-order valence-electron chi connectivity index (χ1n) is 12.4. The van der Waals surface area contributed by atoms with Gasteiger partial charge in [0.2, 0.25) is 11.9 Å². The molecule has 1 aromatic heterocycles. The highest BCUT2D eigenvalue weighted by molar-refractivity contribution is 5.99. The highest BCUT2D eigenvalue weighted by atomic mass is 16.5. The number of aryl methyl sites for hydroxylation is 1. The topological polar surface area (TPSA) is 91.4 Å².